The second-order valence-electron chi connectivity index (χ2n) is 2.27. The number of rotatable bonds is 4. The van der Waals surface area contributed by atoms with Gasteiger partial charge in [-0.15, -0.1) is 0 Å². The molecule has 0 aliphatic carbocycles. The molecule has 0 radical (unpaired) electrons. The Morgan fingerprint density at radius 1 is 1.27 bits per heavy atom. The van der Waals surface area contributed by atoms with Gasteiger partial charge in [0.05, 0.1) is 0 Å². The first-order chi connectivity index (χ1) is 5.02. The van der Waals surface area contributed by atoms with Crippen LogP contribution in [-0.2, 0) is 4.74 Å². The Morgan fingerprint density at radius 3 is 2.09 bits per heavy atom. The zero-order valence-corrected chi connectivity index (χ0v) is 6.74. The molecule has 0 aromatic heterocycles. The smallest absolute Gasteiger partial charge is 0.369 e. The maximum atomic E-state index is 12.0. The molecule has 0 saturated carbocycles. The van der Waals surface area contributed by atoms with Crippen LogP contribution in [0.1, 0.15) is 26.7 Å². The van der Waals surface area contributed by atoms with Crippen LogP contribution in [0, 0.1) is 0 Å². The lowest BCUT2D eigenvalue weighted by Crippen LogP contribution is -2.31. The average Bonchev–Trinajstić information content (AvgIpc) is 1.85. The normalized spacial score (nSPS) is 15.0. The van der Waals surface area contributed by atoms with E-state index >= 15 is 0 Å². The summed E-state index contributed by atoms with van der Waals surface area (Å²) in [6, 6.07) is 0. The predicted molar refractivity (Wildman–Crippen MR) is 36.4 cm³/mol. The molecule has 0 aliphatic rings. The summed E-state index contributed by atoms with van der Waals surface area (Å²) >= 11 is 0. The van der Waals surface area contributed by atoms with Crippen molar-refractivity contribution in [3.8, 4) is 0 Å². The highest BCUT2D eigenvalue weighted by atomic mass is 19.4. The highest BCUT2D eigenvalue weighted by Gasteiger charge is 2.39. The molecule has 0 saturated heterocycles. The van der Waals surface area contributed by atoms with E-state index in [0.29, 0.717) is 6.42 Å². The maximum absolute atomic E-state index is 12.0. The van der Waals surface area contributed by atoms with E-state index in [4.69, 9.17) is 0 Å². The minimum absolute atomic E-state index is 0.0529. The van der Waals surface area contributed by atoms with Crippen molar-refractivity contribution < 1.29 is 17.9 Å². The maximum Gasteiger partial charge on any atom is 0.414 e. The minimum atomic E-state index is -4.20. The van der Waals surface area contributed by atoms with Gasteiger partial charge in [0.15, 0.2) is 6.10 Å². The van der Waals surface area contributed by atoms with E-state index < -0.39 is 12.3 Å². The van der Waals surface area contributed by atoms with Crippen molar-refractivity contribution in [2.75, 3.05) is 6.61 Å². The zero-order chi connectivity index (χ0) is 8.91. The third kappa shape index (κ3) is 4.24. The molecule has 1 atom stereocenters. The van der Waals surface area contributed by atoms with Gasteiger partial charge in [-0.05, 0) is 13.3 Å². The molecule has 0 heterocycles. The lowest BCUT2D eigenvalue weighted by atomic mass is 10.2. The van der Waals surface area contributed by atoms with Gasteiger partial charge < -0.3 is 4.74 Å². The van der Waals surface area contributed by atoms with Crippen molar-refractivity contribution in [1.29, 1.82) is 0 Å². The van der Waals surface area contributed by atoms with Crippen molar-refractivity contribution in [1.82, 2.24) is 0 Å². The summed E-state index contributed by atoms with van der Waals surface area (Å²) in [4.78, 5) is 0. The fourth-order valence-electron chi connectivity index (χ4n) is 0.805. The van der Waals surface area contributed by atoms with Gasteiger partial charge in [0, 0.05) is 6.61 Å². The van der Waals surface area contributed by atoms with Crippen molar-refractivity contribution in [2.24, 2.45) is 0 Å². The summed E-state index contributed by atoms with van der Waals surface area (Å²) in [5.41, 5.74) is 0. The first kappa shape index (κ1) is 10.8. The molecule has 0 spiro atoms. The van der Waals surface area contributed by atoms with E-state index in [-0.39, 0.29) is 13.0 Å². The van der Waals surface area contributed by atoms with Gasteiger partial charge in [0.2, 0.25) is 0 Å². The van der Waals surface area contributed by atoms with Crippen LogP contribution < -0.4 is 0 Å². The summed E-state index contributed by atoms with van der Waals surface area (Å²) in [5.74, 6) is 0. The fourth-order valence-corrected chi connectivity index (χ4v) is 0.805. The number of ether oxygens (including phenoxy) is 1. The largest absolute Gasteiger partial charge is 0.414 e. The van der Waals surface area contributed by atoms with E-state index in [1.807, 2.05) is 0 Å². The Kier molecular flexibility index (Phi) is 4.49. The second-order valence-corrected chi connectivity index (χ2v) is 2.27. The van der Waals surface area contributed by atoms with E-state index in [2.05, 4.69) is 4.74 Å². The van der Waals surface area contributed by atoms with Crippen molar-refractivity contribution in [3.63, 3.8) is 0 Å². The lowest BCUT2D eigenvalue weighted by molar-refractivity contribution is -0.220. The molecule has 0 amide bonds. The van der Waals surface area contributed by atoms with Gasteiger partial charge >= 0.3 is 6.18 Å². The predicted octanol–water partition coefficient (Wildman–Crippen LogP) is 2.75. The van der Waals surface area contributed by atoms with Crippen LogP contribution in [-0.4, -0.2) is 18.9 Å². The molecule has 1 unspecified atom stereocenters. The molecular weight excluding hydrogens is 157 g/mol. The second kappa shape index (κ2) is 4.59. The Morgan fingerprint density at radius 2 is 1.82 bits per heavy atom. The van der Waals surface area contributed by atoms with E-state index in [1.165, 1.54) is 0 Å². The third-order valence-electron chi connectivity index (χ3n) is 1.28. The Balaban J connectivity index is 3.88. The quantitative estimate of drug-likeness (QED) is 0.630. The zero-order valence-electron chi connectivity index (χ0n) is 6.74. The molecule has 0 aliphatic heterocycles. The standard InChI is InChI=1S/C7H13F3O/c1-3-5-6(11-4-2)7(8,9)10/h6H,3-5H2,1-2H3. The Bertz CT molecular complexity index is 94.3. The van der Waals surface area contributed by atoms with E-state index in [0.717, 1.165) is 0 Å². The molecule has 11 heavy (non-hydrogen) atoms. The van der Waals surface area contributed by atoms with Gasteiger partial charge in [-0.1, -0.05) is 13.3 Å². The van der Waals surface area contributed by atoms with Crippen LogP contribution in [0.5, 0.6) is 0 Å². The van der Waals surface area contributed by atoms with Gasteiger partial charge in [-0.25, -0.2) is 0 Å². The summed E-state index contributed by atoms with van der Waals surface area (Å²) in [6.07, 6.45) is -5.23. The first-order valence-electron chi connectivity index (χ1n) is 3.70. The number of hydrogen-bond acceptors (Lipinski definition) is 1. The van der Waals surface area contributed by atoms with Gasteiger partial charge in [0.1, 0.15) is 0 Å². The van der Waals surface area contributed by atoms with Crippen LogP contribution >= 0.6 is 0 Å². The Labute approximate surface area is 64.5 Å². The molecule has 1 nitrogen and oxygen atoms in total. The van der Waals surface area contributed by atoms with Crippen LogP contribution in [0.25, 0.3) is 0 Å². The van der Waals surface area contributed by atoms with Crippen LogP contribution in [0.2, 0.25) is 0 Å². The molecule has 0 rings (SSSR count). The van der Waals surface area contributed by atoms with E-state index in [1.54, 1.807) is 13.8 Å². The highest BCUT2D eigenvalue weighted by molar-refractivity contribution is 4.66. The number of halogens is 3. The summed E-state index contributed by atoms with van der Waals surface area (Å²) in [7, 11) is 0. The number of alkyl halides is 3. The average molecular weight is 170 g/mol. The summed E-state index contributed by atoms with van der Waals surface area (Å²) in [5, 5.41) is 0. The molecule has 0 aromatic carbocycles. The van der Waals surface area contributed by atoms with Crippen LogP contribution in [0.15, 0.2) is 0 Å². The lowest BCUT2D eigenvalue weighted by Gasteiger charge is -2.18. The minimum Gasteiger partial charge on any atom is -0.369 e. The summed E-state index contributed by atoms with van der Waals surface area (Å²) in [6.45, 7) is 3.39. The van der Waals surface area contributed by atoms with Crippen molar-refractivity contribution >= 4 is 0 Å². The van der Waals surface area contributed by atoms with Crippen molar-refractivity contribution in [2.45, 2.75) is 39.0 Å². The molecular formula is C7H13F3O. The third-order valence-corrected chi connectivity index (χ3v) is 1.28. The molecule has 0 fully saturated rings. The topological polar surface area (TPSA) is 9.23 Å². The Hall–Kier alpha value is -0.250. The van der Waals surface area contributed by atoms with Crippen LogP contribution in [0.4, 0.5) is 13.2 Å². The van der Waals surface area contributed by atoms with Gasteiger partial charge in [0.25, 0.3) is 0 Å². The molecule has 0 bridgehead atoms. The van der Waals surface area contributed by atoms with E-state index in [9.17, 15) is 13.2 Å². The van der Waals surface area contributed by atoms with Crippen molar-refractivity contribution in [3.05, 3.63) is 0 Å². The molecule has 68 valence electrons. The highest BCUT2D eigenvalue weighted by Crippen LogP contribution is 2.25. The van der Waals surface area contributed by atoms with Gasteiger partial charge in [-0.2, -0.15) is 13.2 Å². The number of hydrogen-bond donors (Lipinski definition) is 0. The van der Waals surface area contributed by atoms with Gasteiger partial charge in [-0.3, -0.25) is 0 Å². The first-order valence-corrected chi connectivity index (χ1v) is 3.70. The molecule has 4 heteroatoms. The molecule has 0 aromatic rings. The monoisotopic (exact) mass is 170 g/mol. The SMILES string of the molecule is CCCC(OCC)C(F)(F)F. The van der Waals surface area contributed by atoms with Crippen LogP contribution in [0.3, 0.4) is 0 Å². The molecule has 0 N–H and O–H groups in total. The summed E-state index contributed by atoms with van der Waals surface area (Å²) < 4.78 is 40.4. The fraction of sp³-hybridized carbons (Fsp3) is 1.00.